The number of rotatable bonds is 6. The molecule has 0 spiro atoms. The summed E-state index contributed by atoms with van der Waals surface area (Å²) in [6.45, 7) is 3.14. The largest absolute Gasteiger partial charge is 0.385 e. The summed E-state index contributed by atoms with van der Waals surface area (Å²) >= 11 is 0. The minimum Gasteiger partial charge on any atom is -0.385 e. The molecule has 19 heavy (non-hydrogen) atoms. The van der Waals surface area contributed by atoms with Gasteiger partial charge in [0.05, 0.1) is 6.54 Å². The Kier molecular flexibility index (Phi) is 6.11. The van der Waals surface area contributed by atoms with Gasteiger partial charge in [-0.25, -0.2) is 0 Å². The maximum atomic E-state index is 12.0. The summed E-state index contributed by atoms with van der Waals surface area (Å²) in [7, 11) is 1.69. The van der Waals surface area contributed by atoms with Gasteiger partial charge in [-0.3, -0.25) is 9.69 Å². The lowest BCUT2D eigenvalue weighted by atomic mass is 9.78. The van der Waals surface area contributed by atoms with Crippen LogP contribution >= 0.6 is 0 Å². The number of piperidine rings is 1. The predicted octanol–water partition coefficient (Wildman–Crippen LogP) is 1.79. The number of hydrogen-bond acceptors (Lipinski definition) is 3. The Morgan fingerprint density at radius 2 is 2.05 bits per heavy atom. The van der Waals surface area contributed by atoms with Gasteiger partial charge in [0.25, 0.3) is 0 Å². The third kappa shape index (κ3) is 4.46. The van der Waals surface area contributed by atoms with Gasteiger partial charge in [0, 0.05) is 26.3 Å². The minimum atomic E-state index is 0.183. The molecule has 0 radical (unpaired) electrons. The zero-order valence-electron chi connectivity index (χ0n) is 12.2. The fourth-order valence-corrected chi connectivity index (χ4v) is 3.61. The third-order valence-electron chi connectivity index (χ3n) is 4.55. The van der Waals surface area contributed by atoms with E-state index in [1.165, 1.54) is 38.5 Å². The van der Waals surface area contributed by atoms with Gasteiger partial charge in [-0.1, -0.05) is 12.8 Å². The zero-order valence-corrected chi connectivity index (χ0v) is 12.2. The smallest absolute Gasteiger partial charge is 0.234 e. The number of hydrogen-bond donors (Lipinski definition) is 1. The van der Waals surface area contributed by atoms with Gasteiger partial charge in [0.15, 0.2) is 0 Å². The van der Waals surface area contributed by atoms with Crippen LogP contribution < -0.4 is 5.32 Å². The molecule has 1 N–H and O–H groups in total. The first kappa shape index (κ1) is 14.8. The van der Waals surface area contributed by atoms with E-state index in [1.807, 2.05) is 0 Å². The Bertz CT molecular complexity index is 281. The van der Waals surface area contributed by atoms with E-state index in [2.05, 4.69) is 10.2 Å². The van der Waals surface area contributed by atoms with E-state index in [0.29, 0.717) is 19.2 Å². The Morgan fingerprint density at radius 3 is 2.89 bits per heavy atom. The Morgan fingerprint density at radius 1 is 1.26 bits per heavy atom. The van der Waals surface area contributed by atoms with Crippen LogP contribution in [-0.2, 0) is 9.53 Å². The first-order valence-corrected chi connectivity index (χ1v) is 7.81. The third-order valence-corrected chi connectivity index (χ3v) is 4.55. The molecule has 0 aromatic heterocycles. The van der Waals surface area contributed by atoms with Gasteiger partial charge in [0.1, 0.15) is 0 Å². The van der Waals surface area contributed by atoms with Crippen LogP contribution in [0, 0.1) is 5.92 Å². The molecule has 2 unspecified atom stereocenters. The number of methoxy groups -OCH3 is 1. The van der Waals surface area contributed by atoms with E-state index in [9.17, 15) is 4.79 Å². The Labute approximate surface area is 116 Å². The molecule has 1 aliphatic carbocycles. The highest BCUT2D eigenvalue weighted by Gasteiger charge is 2.33. The monoisotopic (exact) mass is 268 g/mol. The predicted molar refractivity (Wildman–Crippen MR) is 76.1 cm³/mol. The number of likely N-dealkylation sites (tertiary alicyclic amines) is 1. The molecule has 110 valence electrons. The number of carbonyl (C=O) groups is 1. The Hall–Kier alpha value is -0.610. The second-order valence-electron chi connectivity index (χ2n) is 5.92. The van der Waals surface area contributed by atoms with Crippen molar-refractivity contribution in [3.63, 3.8) is 0 Å². The summed E-state index contributed by atoms with van der Waals surface area (Å²) in [5.41, 5.74) is 0. The van der Waals surface area contributed by atoms with Crippen molar-refractivity contribution in [2.45, 2.75) is 51.0 Å². The molecule has 0 aromatic carbocycles. The van der Waals surface area contributed by atoms with Crippen LogP contribution in [0.25, 0.3) is 0 Å². The molecule has 2 atom stereocenters. The van der Waals surface area contributed by atoms with E-state index >= 15 is 0 Å². The molecular formula is C15H28N2O2. The molecule has 1 amide bonds. The quantitative estimate of drug-likeness (QED) is 0.747. The van der Waals surface area contributed by atoms with E-state index in [1.54, 1.807) is 7.11 Å². The molecule has 1 heterocycles. The van der Waals surface area contributed by atoms with Crippen LogP contribution in [0.15, 0.2) is 0 Å². The average molecular weight is 268 g/mol. The second-order valence-corrected chi connectivity index (χ2v) is 5.92. The van der Waals surface area contributed by atoms with Crippen molar-refractivity contribution in [2.24, 2.45) is 5.92 Å². The summed E-state index contributed by atoms with van der Waals surface area (Å²) in [5, 5.41) is 3.00. The Balaban J connectivity index is 1.72. The molecule has 0 bridgehead atoms. The van der Waals surface area contributed by atoms with Gasteiger partial charge in [0.2, 0.25) is 5.91 Å². The number of nitrogens with zero attached hydrogens (tertiary/aromatic N) is 1. The number of ether oxygens (including phenoxy) is 1. The van der Waals surface area contributed by atoms with Crippen LogP contribution in [0.4, 0.5) is 0 Å². The van der Waals surface area contributed by atoms with Gasteiger partial charge >= 0.3 is 0 Å². The highest BCUT2D eigenvalue weighted by Crippen LogP contribution is 2.34. The lowest BCUT2D eigenvalue weighted by molar-refractivity contribution is -0.123. The molecule has 1 aliphatic heterocycles. The molecule has 4 nitrogen and oxygen atoms in total. The van der Waals surface area contributed by atoms with Crippen LogP contribution in [-0.4, -0.2) is 50.2 Å². The maximum absolute atomic E-state index is 12.0. The number of nitrogens with one attached hydrogen (secondary N) is 1. The topological polar surface area (TPSA) is 41.6 Å². The van der Waals surface area contributed by atoms with E-state index in [4.69, 9.17) is 4.74 Å². The summed E-state index contributed by atoms with van der Waals surface area (Å²) in [4.78, 5) is 14.4. The summed E-state index contributed by atoms with van der Waals surface area (Å²) in [6, 6.07) is 0.673. The van der Waals surface area contributed by atoms with E-state index < -0.39 is 0 Å². The van der Waals surface area contributed by atoms with Crippen molar-refractivity contribution in [2.75, 3.05) is 33.4 Å². The lowest BCUT2D eigenvalue weighted by Crippen LogP contribution is -2.50. The zero-order chi connectivity index (χ0) is 13.5. The number of carbonyl (C=O) groups excluding carboxylic acids is 1. The SMILES string of the molecule is COCCCNC(=O)CN1CCCC2CCCCC21. The van der Waals surface area contributed by atoms with Gasteiger partial charge in [-0.15, -0.1) is 0 Å². The van der Waals surface area contributed by atoms with Crippen molar-refractivity contribution in [3.05, 3.63) is 0 Å². The summed E-state index contributed by atoms with van der Waals surface area (Å²) < 4.78 is 4.98. The fourth-order valence-electron chi connectivity index (χ4n) is 3.61. The van der Waals surface area contributed by atoms with Crippen molar-refractivity contribution >= 4 is 5.91 Å². The van der Waals surface area contributed by atoms with Crippen LogP contribution in [0.1, 0.15) is 44.9 Å². The summed E-state index contributed by atoms with van der Waals surface area (Å²) in [5.74, 6) is 1.03. The molecule has 2 rings (SSSR count). The molecule has 4 heteroatoms. The van der Waals surface area contributed by atoms with E-state index in [-0.39, 0.29) is 5.91 Å². The van der Waals surface area contributed by atoms with Crippen molar-refractivity contribution in [3.8, 4) is 0 Å². The summed E-state index contributed by atoms with van der Waals surface area (Å²) in [6.07, 6.45) is 8.92. The molecular weight excluding hydrogens is 240 g/mol. The molecule has 2 aliphatic rings. The maximum Gasteiger partial charge on any atom is 0.234 e. The highest BCUT2D eigenvalue weighted by atomic mass is 16.5. The van der Waals surface area contributed by atoms with Gasteiger partial charge in [-0.05, 0) is 44.6 Å². The lowest BCUT2D eigenvalue weighted by Gasteiger charge is -2.43. The number of amides is 1. The normalized spacial score (nSPS) is 27.8. The molecule has 1 saturated heterocycles. The molecule has 1 saturated carbocycles. The number of fused-ring (bicyclic) bond motifs is 1. The van der Waals surface area contributed by atoms with Crippen LogP contribution in [0.2, 0.25) is 0 Å². The minimum absolute atomic E-state index is 0.183. The highest BCUT2D eigenvalue weighted by molar-refractivity contribution is 5.78. The first-order chi connectivity index (χ1) is 9.31. The fraction of sp³-hybridized carbons (Fsp3) is 0.933. The molecule has 2 fully saturated rings. The van der Waals surface area contributed by atoms with Crippen LogP contribution in [0.3, 0.4) is 0 Å². The average Bonchev–Trinajstić information content (AvgIpc) is 2.44. The van der Waals surface area contributed by atoms with Crippen LogP contribution in [0.5, 0.6) is 0 Å². The standard InChI is InChI=1S/C15H28N2O2/c1-19-11-5-9-16-15(18)12-17-10-4-7-13-6-2-3-8-14(13)17/h13-14H,2-12H2,1H3,(H,16,18). The van der Waals surface area contributed by atoms with Crippen molar-refractivity contribution in [1.29, 1.82) is 0 Å². The van der Waals surface area contributed by atoms with Gasteiger partial charge in [-0.2, -0.15) is 0 Å². The van der Waals surface area contributed by atoms with Crippen molar-refractivity contribution in [1.82, 2.24) is 10.2 Å². The molecule has 0 aromatic rings. The first-order valence-electron chi connectivity index (χ1n) is 7.81. The van der Waals surface area contributed by atoms with Crippen molar-refractivity contribution < 1.29 is 9.53 Å². The van der Waals surface area contributed by atoms with E-state index in [0.717, 1.165) is 25.4 Å². The second kappa shape index (κ2) is 7.85. The van der Waals surface area contributed by atoms with Gasteiger partial charge < -0.3 is 10.1 Å².